The van der Waals surface area contributed by atoms with Crippen LogP contribution in [-0.4, -0.2) is 48.4 Å². The number of amides is 2. The molecule has 0 spiro atoms. The van der Waals surface area contributed by atoms with E-state index >= 15 is 0 Å². The molecule has 2 rings (SSSR count). The molecule has 2 N–H and O–H groups in total. The van der Waals surface area contributed by atoms with E-state index in [9.17, 15) is 9.90 Å². The molecular formula is C19H30N2O3. The van der Waals surface area contributed by atoms with Crippen LogP contribution in [0.2, 0.25) is 0 Å². The topological polar surface area (TPSA) is 61.8 Å². The molecule has 1 saturated heterocycles. The van der Waals surface area contributed by atoms with E-state index in [0.717, 1.165) is 17.7 Å². The molecule has 0 unspecified atom stereocenters. The summed E-state index contributed by atoms with van der Waals surface area (Å²) in [6.07, 6.45) is 0.501. The third kappa shape index (κ3) is 4.87. The summed E-state index contributed by atoms with van der Waals surface area (Å²) in [4.78, 5) is 13.9. The summed E-state index contributed by atoms with van der Waals surface area (Å²) in [5, 5.41) is 12.5. The van der Waals surface area contributed by atoms with Crippen molar-refractivity contribution in [3.05, 3.63) is 29.8 Å². The predicted molar refractivity (Wildman–Crippen MR) is 95.4 cm³/mol. The molecule has 2 atom stereocenters. The van der Waals surface area contributed by atoms with Crippen LogP contribution in [0.4, 0.5) is 4.79 Å². The van der Waals surface area contributed by atoms with Gasteiger partial charge in [-0.2, -0.15) is 0 Å². The number of likely N-dealkylation sites (tertiary alicyclic amines) is 1. The van der Waals surface area contributed by atoms with Gasteiger partial charge in [0, 0.05) is 19.0 Å². The van der Waals surface area contributed by atoms with Crippen LogP contribution >= 0.6 is 0 Å². The molecular weight excluding hydrogens is 304 g/mol. The fourth-order valence-electron chi connectivity index (χ4n) is 3.01. The second kappa shape index (κ2) is 7.88. The Bertz CT molecular complexity index is 552. The SMILES string of the molecule is C[C@H](O)[C@H]1CCN(C(=O)NCCOc2ccccc2C(C)(C)C)C1. The van der Waals surface area contributed by atoms with Crippen LogP contribution in [0, 0.1) is 5.92 Å². The smallest absolute Gasteiger partial charge is 0.317 e. The van der Waals surface area contributed by atoms with Gasteiger partial charge in [-0.05, 0) is 30.4 Å². The number of hydrogen-bond acceptors (Lipinski definition) is 3. The molecule has 1 aliphatic heterocycles. The Hall–Kier alpha value is -1.75. The highest BCUT2D eigenvalue weighted by Crippen LogP contribution is 2.30. The Morgan fingerprint density at radius 2 is 2.12 bits per heavy atom. The van der Waals surface area contributed by atoms with E-state index in [4.69, 9.17) is 4.74 Å². The average Bonchev–Trinajstić information content (AvgIpc) is 3.01. The second-order valence-corrected chi connectivity index (χ2v) is 7.56. The third-order valence-corrected chi connectivity index (χ3v) is 4.53. The molecule has 24 heavy (non-hydrogen) atoms. The van der Waals surface area contributed by atoms with Gasteiger partial charge in [0.2, 0.25) is 0 Å². The first kappa shape index (κ1) is 18.6. The number of aliphatic hydroxyl groups is 1. The van der Waals surface area contributed by atoms with Gasteiger partial charge in [-0.15, -0.1) is 0 Å². The number of carbonyl (C=O) groups is 1. The Kier molecular flexibility index (Phi) is 6.10. The molecule has 1 aromatic carbocycles. The summed E-state index contributed by atoms with van der Waals surface area (Å²) in [6, 6.07) is 7.95. The molecule has 1 heterocycles. The Morgan fingerprint density at radius 1 is 1.42 bits per heavy atom. The van der Waals surface area contributed by atoms with Crippen LogP contribution in [0.15, 0.2) is 24.3 Å². The van der Waals surface area contributed by atoms with E-state index in [1.807, 2.05) is 18.2 Å². The van der Waals surface area contributed by atoms with Gasteiger partial charge in [-0.25, -0.2) is 4.79 Å². The average molecular weight is 334 g/mol. The number of nitrogens with one attached hydrogen (secondary N) is 1. The number of benzene rings is 1. The molecule has 0 radical (unpaired) electrons. The lowest BCUT2D eigenvalue weighted by Crippen LogP contribution is -2.40. The molecule has 1 fully saturated rings. The number of rotatable bonds is 5. The fraction of sp³-hybridized carbons (Fsp3) is 0.632. The van der Waals surface area contributed by atoms with E-state index in [-0.39, 0.29) is 23.5 Å². The van der Waals surface area contributed by atoms with Crippen molar-refractivity contribution < 1.29 is 14.6 Å². The maximum atomic E-state index is 12.1. The van der Waals surface area contributed by atoms with Gasteiger partial charge in [0.05, 0.1) is 12.6 Å². The lowest BCUT2D eigenvalue weighted by Gasteiger charge is -2.23. The Balaban J connectivity index is 1.77. The van der Waals surface area contributed by atoms with Crippen LogP contribution in [0.5, 0.6) is 5.75 Å². The van der Waals surface area contributed by atoms with Gasteiger partial charge in [0.15, 0.2) is 0 Å². The van der Waals surface area contributed by atoms with Crippen LogP contribution in [0.25, 0.3) is 0 Å². The van der Waals surface area contributed by atoms with Crippen LogP contribution < -0.4 is 10.1 Å². The number of para-hydroxylation sites is 1. The molecule has 0 saturated carbocycles. The van der Waals surface area contributed by atoms with Crippen molar-refractivity contribution in [2.75, 3.05) is 26.2 Å². The maximum Gasteiger partial charge on any atom is 0.317 e. The van der Waals surface area contributed by atoms with Crippen LogP contribution in [-0.2, 0) is 5.41 Å². The van der Waals surface area contributed by atoms with E-state index in [1.54, 1.807) is 11.8 Å². The van der Waals surface area contributed by atoms with Crippen LogP contribution in [0.3, 0.4) is 0 Å². The number of aliphatic hydroxyl groups excluding tert-OH is 1. The van der Waals surface area contributed by atoms with Gasteiger partial charge in [-0.3, -0.25) is 0 Å². The van der Waals surface area contributed by atoms with Gasteiger partial charge in [-0.1, -0.05) is 39.0 Å². The molecule has 1 aromatic rings. The lowest BCUT2D eigenvalue weighted by atomic mass is 9.86. The zero-order valence-corrected chi connectivity index (χ0v) is 15.2. The number of hydrogen-bond donors (Lipinski definition) is 2. The quantitative estimate of drug-likeness (QED) is 0.814. The minimum absolute atomic E-state index is 0.0192. The van der Waals surface area contributed by atoms with Crippen molar-refractivity contribution in [3.63, 3.8) is 0 Å². The molecule has 1 aliphatic rings. The second-order valence-electron chi connectivity index (χ2n) is 7.56. The summed E-state index contributed by atoms with van der Waals surface area (Å²) in [5.74, 6) is 1.06. The maximum absolute atomic E-state index is 12.1. The van der Waals surface area contributed by atoms with Crippen LogP contribution in [0.1, 0.15) is 39.7 Å². The van der Waals surface area contributed by atoms with Crippen molar-refractivity contribution in [2.45, 2.75) is 45.6 Å². The lowest BCUT2D eigenvalue weighted by molar-refractivity contribution is 0.129. The normalized spacial score (nSPS) is 19.2. The van der Waals surface area contributed by atoms with E-state index in [0.29, 0.717) is 26.2 Å². The van der Waals surface area contributed by atoms with E-state index in [1.165, 1.54) is 0 Å². The fourth-order valence-corrected chi connectivity index (χ4v) is 3.01. The molecule has 5 nitrogen and oxygen atoms in total. The molecule has 2 amide bonds. The first-order valence-electron chi connectivity index (χ1n) is 8.72. The minimum Gasteiger partial charge on any atom is -0.491 e. The van der Waals surface area contributed by atoms with Gasteiger partial charge in [0.25, 0.3) is 0 Å². The summed E-state index contributed by atoms with van der Waals surface area (Å²) in [6.45, 7) is 10.5. The van der Waals surface area contributed by atoms with Gasteiger partial charge < -0.3 is 20.1 Å². The Morgan fingerprint density at radius 3 is 2.75 bits per heavy atom. The summed E-state index contributed by atoms with van der Waals surface area (Å²) >= 11 is 0. The number of nitrogens with zero attached hydrogens (tertiary/aromatic N) is 1. The van der Waals surface area contributed by atoms with Gasteiger partial charge >= 0.3 is 6.03 Å². The summed E-state index contributed by atoms with van der Waals surface area (Å²) in [5.41, 5.74) is 1.18. The highest BCUT2D eigenvalue weighted by molar-refractivity contribution is 5.74. The zero-order chi connectivity index (χ0) is 17.7. The van der Waals surface area contributed by atoms with Crippen molar-refractivity contribution in [1.29, 1.82) is 0 Å². The number of urea groups is 1. The van der Waals surface area contributed by atoms with Crippen molar-refractivity contribution >= 4 is 6.03 Å². The molecule has 0 aromatic heterocycles. The molecule has 5 heteroatoms. The minimum atomic E-state index is -0.361. The molecule has 0 bridgehead atoms. The van der Waals surface area contributed by atoms with Gasteiger partial charge in [0.1, 0.15) is 12.4 Å². The highest BCUT2D eigenvalue weighted by Gasteiger charge is 2.28. The molecule has 0 aliphatic carbocycles. The van der Waals surface area contributed by atoms with E-state index < -0.39 is 0 Å². The number of ether oxygens (including phenoxy) is 1. The predicted octanol–water partition coefficient (Wildman–Crippen LogP) is 2.78. The monoisotopic (exact) mass is 334 g/mol. The Labute approximate surface area is 145 Å². The highest BCUT2D eigenvalue weighted by atomic mass is 16.5. The number of carbonyl (C=O) groups excluding carboxylic acids is 1. The van der Waals surface area contributed by atoms with Crippen molar-refractivity contribution in [1.82, 2.24) is 10.2 Å². The standard InChI is InChI=1S/C19H30N2O3/c1-14(22)15-9-11-21(13-15)18(23)20-10-12-24-17-8-6-5-7-16(17)19(2,3)4/h5-8,14-15,22H,9-13H2,1-4H3,(H,20,23)/t14-,15-/m0/s1. The van der Waals surface area contributed by atoms with E-state index in [2.05, 4.69) is 32.2 Å². The molecule has 134 valence electrons. The summed E-state index contributed by atoms with van der Waals surface area (Å²) < 4.78 is 5.86. The van der Waals surface area contributed by atoms with Crippen molar-refractivity contribution in [3.8, 4) is 5.75 Å². The summed E-state index contributed by atoms with van der Waals surface area (Å²) in [7, 11) is 0. The third-order valence-electron chi connectivity index (χ3n) is 4.53. The first-order chi connectivity index (χ1) is 11.3. The van der Waals surface area contributed by atoms with Crippen molar-refractivity contribution in [2.24, 2.45) is 5.92 Å². The first-order valence-corrected chi connectivity index (χ1v) is 8.72. The zero-order valence-electron chi connectivity index (χ0n) is 15.2. The largest absolute Gasteiger partial charge is 0.491 e.